The lowest BCUT2D eigenvalue weighted by molar-refractivity contribution is -0.143. The van der Waals surface area contributed by atoms with Gasteiger partial charge in [-0.05, 0) is 39.0 Å². The van der Waals surface area contributed by atoms with E-state index in [-0.39, 0.29) is 18.3 Å². The molecule has 0 aliphatic rings. The Hall–Kier alpha value is -2.36. The minimum absolute atomic E-state index is 0.0419. The average Bonchev–Trinajstić information content (AvgIpc) is 2.53. The number of nitrogens with one attached hydrogen (secondary N) is 3. The van der Waals surface area contributed by atoms with E-state index in [4.69, 9.17) is 4.74 Å². The number of carboxylic acids is 1. The van der Waals surface area contributed by atoms with E-state index in [1.165, 1.54) is 0 Å². The molecule has 0 heterocycles. The summed E-state index contributed by atoms with van der Waals surface area (Å²) in [7, 11) is 0. The first kappa shape index (κ1) is 26.6. The third-order valence-corrected chi connectivity index (χ3v) is 3.76. The summed E-state index contributed by atoms with van der Waals surface area (Å²) < 4.78 is 5.05. The normalized spacial score (nSPS) is 14.7. The van der Waals surface area contributed by atoms with Crippen LogP contribution in [0.25, 0.3) is 0 Å². The Morgan fingerprint density at radius 1 is 0.897 bits per heavy atom. The van der Waals surface area contributed by atoms with Crippen LogP contribution >= 0.6 is 0 Å². The molecule has 10 heteroatoms. The summed E-state index contributed by atoms with van der Waals surface area (Å²) in [4.78, 5) is 48.2. The standard InChI is InChI=1S/C19H35N3O7/c1-10(2)8-12(17(26)27)20-16(25)14(11(3)4)22-15(24)13(9-23)21-18(28)29-19(5,6)7/h10-14,23H,8-9H2,1-7H3,(H,20,25)(H,21,28)(H,22,24)(H,26,27)/t12-,13-,14+/m0/s1. The Labute approximate surface area is 171 Å². The molecule has 3 amide bonds. The minimum atomic E-state index is -1.33. The SMILES string of the molecule is CC(C)C[C@H](NC(=O)[C@H](NC(=O)[C@H](CO)NC(=O)OC(C)(C)C)C(C)C)C(=O)O. The molecule has 3 atom stereocenters. The van der Waals surface area contributed by atoms with Crippen molar-refractivity contribution in [1.29, 1.82) is 0 Å². The third-order valence-electron chi connectivity index (χ3n) is 3.76. The second-order valence-corrected chi connectivity index (χ2v) is 8.64. The molecular weight excluding hydrogens is 382 g/mol. The molecular formula is C19H35N3O7. The van der Waals surface area contributed by atoms with Gasteiger partial charge < -0.3 is 30.9 Å². The van der Waals surface area contributed by atoms with Crippen LogP contribution in [0.5, 0.6) is 0 Å². The highest BCUT2D eigenvalue weighted by atomic mass is 16.6. The van der Waals surface area contributed by atoms with Gasteiger partial charge >= 0.3 is 12.1 Å². The maximum Gasteiger partial charge on any atom is 0.408 e. The predicted molar refractivity (Wildman–Crippen MR) is 106 cm³/mol. The van der Waals surface area contributed by atoms with Crippen LogP contribution in [0.3, 0.4) is 0 Å². The van der Waals surface area contributed by atoms with Crippen molar-refractivity contribution in [3.63, 3.8) is 0 Å². The van der Waals surface area contributed by atoms with Gasteiger partial charge in [0.25, 0.3) is 0 Å². The summed E-state index contributed by atoms with van der Waals surface area (Å²) in [5.74, 6) is -2.94. The van der Waals surface area contributed by atoms with Crippen molar-refractivity contribution in [2.45, 2.75) is 78.6 Å². The van der Waals surface area contributed by atoms with Crippen LogP contribution in [0.4, 0.5) is 4.79 Å². The molecule has 0 aromatic heterocycles. The largest absolute Gasteiger partial charge is 0.480 e. The number of carbonyl (C=O) groups is 4. The summed E-state index contributed by atoms with van der Waals surface area (Å²) in [5.41, 5.74) is -0.789. The number of rotatable bonds is 10. The fourth-order valence-electron chi connectivity index (χ4n) is 2.39. The number of aliphatic carboxylic acids is 1. The number of carboxylic acid groups (broad SMARTS) is 1. The predicted octanol–water partition coefficient (Wildman–Crippen LogP) is 0.628. The zero-order valence-corrected chi connectivity index (χ0v) is 18.2. The number of carbonyl (C=O) groups excluding carboxylic acids is 3. The number of hydrogen-bond acceptors (Lipinski definition) is 6. The van der Waals surface area contributed by atoms with E-state index in [0.717, 1.165) is 0 Å². The molecule has 0 aliphatic heterocycles. The van der Waals surface area contributed by atoms with Gasteiger partial charge in [0.1, 0.15) is 23.7 Å². The van der Waals surface area contributed by atoms with Crippen molar-refractivity contribution < 1.29 is 34.1 Å². The van der Waals surface area contributed by atoms with Crippen LogP contribution in [0.2, 0.25) is 0 Å². The number of amides is 3. The van der Waals surface area contributed by atoms with Crippen LogP contribution < -0.4 is 16.0 Å². The second-order valence-electron chi connectivity index (χ2n) is 8.64. The number of aliphatic hydroxyl groups excluding tert-OH is 1. The van der Waals surface area contributed by atoms with Crippen molar-refractivity contribution in [2.24, 2.45) is 11.8 Å². The highest BCUT2D eigenvalue weighted by Gasteiger charge is 2.32. The lowest BCUT2D eigenvalue weighted by atomic mass is 10.00. The Morgan fingerprint density at radius 3 is 1.83 bits per heavy atom. The van der Waals surface area contributed by atoms with Crippen LogP contribution in [-0.4, -0.2) is 64.4 Å². The molecule has 0 aliphatic carbocycles. The molecule has 29 heavy (non-hydrogen) atoms. The van der Waals surface area contributed by atoms with Gasteiger partial charge in [-0.2, -0.15) is 0 Å². The van der Waals surface area contributed by atoms with Gasteiger partial charge in [0.2, 0.25) is 11.8 Å². The monoisotopic (exact) mass is 417 g/mol. The van der Waals surface area contributed by atoms with E-state index < -0.39 is 54.2 Å². The second kappa shape index (κ2) is 11.6. The minimum Gasteiger partial charge on any atom is -0.480 e. The van der Waals surface area contributed by atoms with Crippen LogP contribution in [0.15, 0.2) is 0 Å². The van der Waals surface area contributed by atoms with Crippen LogP contribution in [-0.2, 0) is 19.1 Å². The molecule has 0 aromatic rings. The molecule has 0 aromatic carbocycles. The lowest BCUT2D eigenvalue weighted by Crippen LogP contribution is -2.58. The Bertz CT molecular complexity index is 585. The van der Waals surface area contributed by atoms with Crippen molar-refractivity contribution in [1.82, 2.24) is 16.0 Å². The summed E-state index contributed by atoms with van der Waals surface area (Å²) in [6.45, 7) is 11.3. The van der Waals surface area contributed by atoms with Gasteiger partial charge in [-0.3, -0.25) is 9.59 Å². The molecule has 0 radical (unpaired) electrons. The highest BCUT2D eigenvalue weighted by molar-refractivity contribution is 5.93. The summed E-state index contributed by atoms with van der Waals surface area (Å²) in [5, 5.41) is 25.9. The maximum absolute atomic E-state index is 12.6. The first-order valence-electron chi connectivity index (χ1n) is 9.61. The van der Waals surface area contributed by atoms with Gasteiger partial charge in [-0.1, -0.05) is 27.7 Å². The van der Waals surface area contributed by atoms with E-state index in [1.807, 2.05) is 13.8 Å². The zero-order valence-electron chi connectivity index (χ0n) is 18.2. The molecule has 0 bridgehead atoms. The highest BCUT2D eigenvalue weighted by Crippen LogP contribution is 2.09. The molecule has 0 spiro atoms. The Morgan fingerprint density at radius 2 is 1.45 bits per heavy atom. The van der Waals surface area contributed by atoms with Gasteiger partial charge in [-0.25, -0.2) is 9.59 Å². The Balaban J connectivity index is 5.15. The molecule has 5 N–H and O–H groups in total. The first-order valence-corrected chi connectivity index (χ1v) is 9.61. The molecule has 168 valence electrons. The van der Waals surface area contributed by atoms with E-state index >= 15 is 0 Å². The van der Waals surface area contributed by atoms with E-state index in [1.54, 1.807) is 34.6 Å². The van der Waals surface area contributed by atoms with Crippen LogP contribution in [0, 0.1) is 11.8 Å². The van der Waals surface area contributed by atoms with Gasteiger partial charge in [0, 0.05) is 0 Å². The summed E-state index contributed by atoms with van der Waals surface area (Å²) >= 11 is 0. The lowest BCUT2D eigenvalue weighted by Gasteiger charge is -2.27. The third kappa shape index (κ3) is 10.7. The molecule has 0 fully saturated rings. The fourth-order valence-corrected chi connectivity index (χ4v) is 2.39. The van der Waals surface area contributed by atoms with Crippen molar-refractivity contribution >= 4 is 23.9 Å². The van der Waals surface area contributed by atoms with Gasteiger partial charge in [0.15, 0.2) is 0 Å². The smallest absolute Gasteiger partial charge is 0.408 e. The van der Waals surface area contributed by atoms with Crippen LogP contribution in [0.1, 0.15) is 54.9 Å². The fraction of sp³-hybridized carbons (Fsp3) is 0.789. The van der Waals surface area contributed by atoms with Crippen molar-refractivity contribution in [3.8, 4) is 0 Å². The van der Waals surface area contributed by atoms with E-state index in [9.17, 15) is 29.4 Å². The molecule has 0 rings (SSSR count). The first-order chi connectivity index (χ1) is 13.2. The summed E-state index contributed by atoms with van der Waals surface area (Å²) in [6.07, 6.45) is -0.653. The van der Waals surface area contributed by atoms with Crippen molar-refractivity contribution in [3.05, 3.63) is 0 Å². The van der Waals surface area contributed by atoms with E-state index in [2.05, 4.69) is 16.0 Å². The van der Waals surface area contributed by atoms with Crippen molar-refractivity contribution in [2.75, 3.05) is 6.61 Å². The van der Waals surface area contributed by atoms with Gasteiger partial charge in [-0.15, -0.1) is 0 Å². The maximum atomic E-state index is 12.6. The quantitative estimate of drug-likeness (QED) is 0.349. The zero-order chi connectivity index (χ0) is 22.9. The average molecular weight is 418 g/mol. The molecule has 0 saturated carbocycles. The van der Waals surface area contributed by atoms with Gasteiger partial charge in [0.05, 0.1) is 6.61 Å². The topological polar surface area (TPSA) is 154 Å². The number of alkyl carbamates (subject to hydrolysis) is 1. The molecule has 10 nitrogen and oxygen atoms in total. The molecule has 0 unspecified atom stereocenters. The number of ether oxygens (including phenoxy) is 1. The summed E-state index contributed by atoms with van der Waals surface area (Å²) in [6, 6.07) is -3.47. The molecule has 0 saturated heterocycles. The number of hydrogen-bond donors (Lipinski definition) is 5. The van der Waals surface area contributed by atoms with E-state index in [0.29, 0.717) is 0 Å². The number of aliphatic hydroxyl groups is 1. The Kier molecular flexibility index (Phi) is 10.7.